The molecule has 0 unspecified atom stereocenters. The van der Waals surface area contributed by atoms with Crippen LogP contribution < -0.4 is 10.6 Å². The number of aliphatic hydroxyl groups excluding tert-OH is 1. The molecule has 0 aromatic heterocycles. The monoisotopic (exact) mass is 724 g/mol. The first kappa shape index (κ1) is 39.6. The van der Waals surface area contributed by atoms with Crippen LogP contribution in [-0.4, -0.2) is 53.3 Å². The Labute approximate surface area is 316 Å². The molecule has 4 aromatic carbocycles. The van der Waals surface area contributed by atoms with Gasteiger partial charge in [0.15, 0.2) is 5.11 Å². The van der Waals surface area contributed by atoms with E-state index in [0.717, 1.165) is 41.6 Å². The minimum Gasteiger partial charge on any atom is -0.388 e. The molecule has 52 heavy (non-hydrogen) atoms. The summed E-state index contributed by atoms with van der Waals surface area (Å²) in [7, 11) is 0. The van der Waals surface area contributed by atoms with Crippen LogP contribution in [0.1, 0.15) is 74.1 Å². The van der Waals surface area contributed by atoms with Crippen molar-refractivity contribution in [3.8, 4) is 0 Å². The molecule has 1 fully saturated rings. The molecule has 0 saturated heterocycles. The van der Waals surface area contributed by atoms with Crippen LogP contribution in [0.5, 0.6) is 0 Å². The number of ether oxygens (including phenoxy) is 4. The van der Waals surface area contributed by atoms with Crippen LogP contribution in [0.4, 0.5) is 0 Å². The second-order valence-corrected chi connectivity index (χ2v) is 14.0. The van der Waals surface area contributed by atoms with E-state index in [4.69, 9.17) is 31.2 Å². The number of nitrogens with one attached hydrogen (secondary N) is 2. The molecule has 6 atom stereocenters. The van der Waals surface area contributed by atoms with Crippen LogP contribution in [0.2, 0.25) is 0 Å². The lowest BCUT2D eigenvalue weighted by atomic mass is 9.82. The first-order valence-electron chi connectivity index (χ1n) is 19.0. The van der Waals surface area contributed by atoms with Crippen molar-refractivity contribution >= 4 is 17.3 Å². The number of hydrogen-bond donors (Lipinski definition) is 3. The number of rotatable bonds is 21. The van der Waals surface area contributed by atoms with E-state index in [1.54, 1.807) is 0 Å². The molecular weight excluding hydrogens is 669 g/mol. The van der Waals surface area contributed by atoms with Gasteiger partial charge in [0.25, 0.3) is 0 Å². The van der Waals surface area contributed by atoms with Crippen molar-refractivity contribution in [1.29, 1.82) is 0 Å². The topological polar surface area (TPSA) is 81.2 Å². The van der Waals surface area contributed by atoms with E-state index in [1.807, 2.05) is 121 Å². The van der Waals surface area contributed by atoms with E-state index >= 15 is 0 Å². The van der Waals surface area contributed by atoms with Crippen molar-refractivity contribution in [2.75, 3.05) is 6.54 Å². The molecule has 1 saturated carbocycles. The third-order valence-corrected chi connectivity index (χ3v) is 9.80. The Morgan fingerprint density at radius 3 is 1.33 bits per heavy atom. The normalized spacial score (nSPS) is 21.4. The van der Waals surface area contributed by atoms with Gasteiger partial charge in [-0.05, 0) is 40.9 Å². The Hall–Kier alpha value is -3.63. The van der Waals surface area contributed by atoms with Crippen molar-refractivity contribution < 1.29 is 24.1 Å². The Kier molecular flexibility index (Phi) is 17.1. The molecule has 1 aliphatic carbocycles. The molecule has 8 heteroatoms. The van der Waals surface area contributed by atoms with Gasteiger partial charge in [0.2, 0.25) is 0 Å². The maximum Gasteiger partial charge on any atom is 0.166 e. The number of hydrogen-bond acceptors (Lipinski definition) is 6. The van der Waals surface area contributed by atoms with Gasteiger partial charge in [0.1, 0.15) is 30.5 Å². The molecule has 3 N–H and O–H groups in total. The van der Waals surface area contributed by atoms with E-state index in [2.05, 4.69) is 17.6 Å². The van der Waals surface area contributed by atoms with Crippen molar-refractivity contribution in [3.05, 3.63) is 144 Å². The molecule has 0 bridgehead atoms. The predicted octanol–water partition coefficient (Wildman–Crippen LogP) is 8.29. The van der Waals surface area contributed by atoms with E-state index < -0.39 is 36.6 Å². The number of thiocarbonyl (C=S) groups is 1. The van der Waals surface area contributed by atoms with Crippen LogP contribution in [-0.2, 0) is 45.4 Å². The maximum atomic E-state index is 12.3. The van der Waals surface area contributed by atoms with Gasteiger partial charge < -0.3 is 34.7 Å². The summed E-state index contributed by atoms with van der Waals surface area (Å²) in [5.41, 5.74) is 4.05. The van der Waals surface area contributed by atoms with Crippen LogP contribution in [0.15, 0.2) is 121 Å². The van der Waals surface area contributed by atoms with Gasteiger partial charge >= 0.3 is 0 Å². The lowest BCUT2D eigenvalue weighted by Gasteiger charge is -2.49. The summed E-state index contributed by atoms with van der Waals surface area (Å²) >= 11 is 5.86. The second-order valence-electron chi connectivity index (χ2n) is 13.6. The highest BCUT2D eigenvalue weighted by molar-refractivity contribution is 7.80. The molecule has 278 valence electrons. The largest absolute Gasteiger partial charge is 0.388 e. The molecule has 0 spiro atoms. The van der Waals surface area contributed by atoms with Crippen molar-refractivity contribution in [1.82, 2.24) is 10.6 Å². The van der Waals surface area contributed by atoms with Crippen LogP contribution in [0.3, 0.4) is 0 Å². The zero-order valence-corrected chi connectivity index (χ0v) is 31.3. The van der Waals surface area contributed by atoms with Gasteiger partial charge in [-0.2, -0.15) is 0 Å². The summed E-state index contributed by atoms with van der Waals surface area (Å²) in [6.07, 6.45) is 4.78. The Bertz CT molecular complexity index is 1530. The maximum absolute atomic E-state index is 12.3. The van der Waals surface area contributed by atoms with Gasteiger partial charge in [-0.25, -0.2) is 0 Å². The lowest BCUT2D eigenvalue weighted by molar-refractivity contribution is -0.249. The fourth-order valence-corrected chi connectivity index (χ4v) is 6.90. The van der Waals surface area contributed by atoms with Crippen LogP contribution in [0, 0.1) is 0 Å². The molecule has 4 aromatic rings. The Balaban J connectivity index is 1.41. The molecule has 0 radical (unpaired) electrons. The molecule has 5 rings (SSSR count). The van der Waals surface area contributed by atoms with Crippen molar-refractivity contribution in [2.24, 2.45) is 0 Å². The molecule has 7 nitrogen and oxygen atoms in total. The van der Waals surface area contributed by atoms with Gasteiger partial charge in [-0.1, -0.05) is 167 Å². The van der Waals surface area contributed by atoms with E-state index in [-0.39, 0.29) is 0 Å². The number of unbranched alkanes of at least 4 members (excludes halogenated alkanes) is 6. The molecular formula is C44H56N2O5S. The summed E-state index contributed by atoms with van der Waals surface area (Å²) in [5.74, 6) is 0. The standard InChI is InChI=1S/C44H56N2O5S/c1-2-3-4-5-6-7-20-29-45-44(52)46-38-39(47)41(49-31-35-23-14-9-15-24-35)43(51-33-37-27-18-11-19-28-37)42(50-32-36-25-16-10-17-26-36)40(38)48-30-34-21-12-8-13-22-34/h8-19,21-28,38-43,47H,2-7,20,29-33H2,1H3,(H2,45,46,52)/t38-,39-,40-,41-,42+,43+/m0/s1. The van der Waals surface area contributed by atoms with E-state index in [0.29, 0.717) is 31.5 Å². The lowest BCUT2D eigenvalue weighted by Crippen LogP contribution is -2.70. The zero-order valence-electron chi connectivity index (χ0n) is 30.5. The third kappa shape index (κ3) is 12.8. The van der Waals surface area contributed by atoms with Gasteiger partial charge in [0, 0.05) is 6.54 Å². The summed E-state index contributed by atoms with van der Waals surface area (Å²) in [5, 5.41) is 19.6. The van der Waals surface area contributed by atoms with Crippen LogP contribution >= 0.6 is 12.2 Å². The fraction of sp³-hybridized carbons (Fsp3) is 0.432. The molecule has 0 heterocycles. The number of benzene rings is 4. The first-order chi connectivity index (χ1) is 25.6. The van der Waals surface area contributed by atoms with Gasteiger partial charge in [0.05, 0.1) is 32.5 Å². The molecule has 1 aliphatic rings. The van der Waals surface area contributed by atoms with E-state index in [9.17, 15) is 5.11 Å². The summed E-state index contributed by atoms with van der Waals surface area (Å²) in [4.78, 5) is 0. The third-order valence-electron chi connectivity index (χ3n) is 9.53. The second kappa shape index (κ2) is 22.4. The Morgan fingerprint density at radius 1 is 0.519 bits per heavy atom. The quantitative estimate of drug-likeness (QED) is 0.0586. The summed E-state index contributed by atoms with van der Waals surface area (Å²) < 4.78 is 27.0. The van der Waals surface area contributed by atoms with E-state index in [1.165, 1.54) is 32.1 Å². The van der Waals surface area contributed by atoms with Gasteiger partial charge in [-0.3, -0.25) is 0 Å². The SMILES string of the molecule is CCCCCCCCCNC(=S)N[C@H]1[C@H](O)[C@H](OCc2ccccc2)[C@@H](OCc2ccccc2)[C@H](OCc2ccccc2)[C@H]1OCc1ccccc1. The minimum atomic E-state index is -1.04. The van der Waals surface area contributed by atoms with Crippen LogP contribution in [0.25, 0.3) is 0 Å². The highest BCUT2D eigenvalue weighted by Gasteiger charge is 2.53. The predicted molar refractivity (Wildman–Crippen MR) is 212 cm³/mol. The highest BCUT2D eigenvalue weighted by Crippen LogP contribution is 2.33. The molecule has 0 aliphatic heterocycles. The smallest absolute Gasteiger partial charge is 0.166 e. The average molecular weight is 725 g/mol. The summed E-state index contributed by atoms with van der Waals surface area (Å²) in [6.45, 7) is 4.25. The summed E-state index contributed by atoms with van der Waals surface area (Å²) in [6, 6.07) is 39.5. The first-order valence-corrected chi connectivity index (χ1v) is 19.4. The fourth-order valence-electron chi connectivity index (χ4n) is 6.66. The number of aliphatic hydroxyl groups is 1. The zero-order chi connectivity index (χ0) is 36.2. The molecule has 0 amide bonds. The average Bonchev–Trinajstić information content (AvgIpc) is 3.19. The van der Waals surface area contributed by atoms with Crippen molar-refractivity contribution in [3.63, 3.8) is 0 Å². The Morgan fingerprint density at radius 2 is 0.885 bits per heavy atom. The van der Waals surface area contributed by atoms with Crippen molar-refractivity contribution in [2.45, 2.75) is 115 Å². The van der Waals surface area contributed by atoms with Gasteiger partial charge in [-0.15, -0.1) is 0 Å². The minimum absolute atomic E-state index is 0.294. The highest BCUT2D eigenvalue weighted by atomic mass is 32.1.